The number of pyridine rings is 1. The quantitative estimate of drug-likeness (QED) is 0.780. The molecule has 0 bridgehead atoms. The van der Waals surface area contributed by atoms with Gasteiger partial charge >= 0.3 is 0 Å². The molecule has 3 N–H and O–H groups in total. The second-order valence-corrected chi connectivity index (χ2v) is 3.78. The minimum Gasteiger partial charge on any atom is -0.323 e. The Balaban J connectivity index is 2.05. The zero-order valence-corrected chi connectivity index (χ0v) is 9.67. The summed E-state index contributed by atoms with van der Waals surface area (Å²) >= 11 is 0. The van der Waals surface area contributed by atoms with Gasteiger partial charge in [0.05, 0.1) is 18.1 Å². The Labute approximate surface area is 103 Å². The maximum atomic E-state index is 12.6. The molecule has 0 aromatic carbocycles. The number of carbonyl (C=O) groups is 1. The first-order chi connectivity index (χ1) is 8.56. The molecule has 0 aliphatic carbocycles. The van der Waals surface area contributed by atoms with Gasteiger partial charge in [0.15, 0.2) is 0 Å². The van der Waals surface area contributed by atoms with Gasteiger partial charge in [0.1, 0.15) is 6.04 Å². The predicted octanol–water partition coefficient (Wildman–Crippen LogP) is 0.593. The zero-order valence-electron chi connectivity index (χ0n) is 9.67. The molecular weight excluding hydrogens is 237 g/mol. The lowest BCUT2D eigenvalue weighted by molar-refractivity contribution is -0.117. The molecule has 1 amide bonds. The largest absolute Gasteiger partial charge is 0.323 e. The van der Waals surface area contributed by atoms with E-state index in [2.05, 4.69) is 15.4 Å². The number of halogens is 1. The van der Waals surface area contributed by atoms with Crippen molar-refractivity contribution in [1.82, 2.24) is 14.8 Å². The number of nitrogens with one attached hydrogen (secondary N) is 1. The van der Waals surface area contributed by atoms with Gasteiger partial charge in [0.25, 0.3) is 0 Å². The van der Waals surface area contributed by atoms with E-state index in [1.165, 1.54) is 18.5 Å². The highest BCUT2D eigenvalue weighted by atomic mass is 19.1. The maximum absolute atomic E-state index is 12.6. The summed E-state index contributed by atoms with van der Waals surface area (Å²) in [7, 11) is 1.73. The molecule has 0 saturated carbocycles. The van der Waals surface area contributed by atoms with Crippen molar-refractivity contribution in [3.05, 3.63) is 42.2 Å². The molecule has 0 spiro atoms. The van der Waals surface area contributed by atoms with E-state index in [1.807, 2.05) is 0 Å². The fourth-order valence-electron chi connectivity index (χ4n) is 1.42. The average molecular weight is 249 g/mol. The van der Waals surface area contributed by atoms with Crippen LogP contribution in [0.2, 0.25) is 0 Å². The van der Waals surface area contributed by atoms with Crippen molar-refractivity contribution in [2.75, 3.05) is 5.32 Å². The van der Waals surface area contributed by atoms with E-state index in [9.17, 15) is 9.18 Å². The van der Waals surface area contributed by atoms with Crippen LogP contribution >= 0.6 is 0 Å². The number of anilines is 1. The van der Waals surface area contributed by atoms with Crippen LogP contribution in [0.4, 0.5) is 10.1 Å². The molecule has 0 aliphatic rings. The minimum atomic E-state index is -0.830. The molecule has 7 heteroatoms. The summed E-state index contributed by atoms with van der Waals surface area (Å²) < 4.78 is 14.1. The fourth-order valence-corrected chi connectivity index (χ4v) is 1.42. The summed E-state index contributed by atoms with van der Waals surface area (Å²) in [5.41, 5.74) is 6.76. The van der Waals surface area contributed by atoms with E-state index >= 15 is 0 Å². The minimum absolute atomic E-state index is 0.390. The number of nitrogens with zero attached hydrogens (tertiary/aromatic N) is 3. The van der Waals surface area contributed by atoms with Gasteiger partial charge in [0, 0.05) is 18.8 Å². The Morgan fingerprint density at radius 3 is 2.83 bits per heavy atom. The monoisotopic (exact) mass is 249 g/mol. The van der Waals surface area contributed by atoms with E-state index in [-0.39, 0.29) is 0 Å². The van der Waals surface area contributed by atoms with Crippen LogP contribution < -0.4 is 11.1 Å². The third kappa shape index (κ3) is 2.69. The highest BCUT2D eigenvalue weighted by molar-refractivity contribution is 5.95. The molecule has 2 aromatic rings. The number of hydrogen-bond acceptors (Lipinski definition) is 4. The zero-order chi connectivity index (χ0) is 13.1. The topological polar surface area (TPSA) is 85.8 Å². The summed E-state index contributed by atoms with van der Waals surface area (Å²) in [5, 5.41) is 6.48. The smallest absolute Gasteiger partial charge is 0.246 e. The number of amides is 1. The lowest BCUT2D eigenvalue weighted by Gasteiger charge is -2.10. The van der Waals surface area contributed by atoms with Gasteiger partial charge in [-0.1, -0.05) is 0 Å². The number of aromatic nitrogens is 3. The van der Waals surface area contributed by atoms with Crippen molar-refractivity contribution < 1.29 is 9.18 Å². The molecule has 0 aliphatic heterocycles. The van der Waals surface area contributed by atoms with Crippen LogP contribution in [0.1, 0.15) is 11.6 Å². The molecule has 94 valence electrons. The van der Waals surface area contributed by atoms with Gasteiger partial charge in [0.2, 0.25) is 11.9 Å². The normalized spacial score (nSPS) is 12.2. The highest BCUT2D eigenvalue weighted by Gasteiger charge is 2.17. The first-order valence-corrected chi connectivity index (χ1v) is 5.23. The number of nitrogens with two attached hydrogens (primary N) is 1. The van der Waals surface area contributed by atoms with E-state index < -0.39 is 17.9 Å². The van der Waals surface area contributed by atoms with Crippen LogP contribution in [-0.2, 0) is 11.8 Å². The summed E-state index contributed by atoms with van der Waals surface area (Å²) in [6.07, 6.45) is 4.41. The summed E-state index contributed by atoms with van der Waals surface area (Å²) in [6, 6.07) is 1.74. The van der Waals surface area contributed by atoms with Crippen molar-refractivity contribution in [1.29, 1.82) is 0 Å². The molecule has 0 fully saturated rings. The van der Waals surface area contributed by atoms with Crippen LogP contribution in [0.5, 0.6) is 0 Å². The van der Waals surface area contributed by atoms with Crippen LogP contribution in [0.3, 0.4) is 0 Å². The van der Waals surface area contributed by atoms with E-state index in [0.717, 1.165) is 6.07 Å². The standard InChI is InChI=1S/C11H12FN5O/c1-17-6-7(4-15-17)10(13)11(18)16-8-2-3-9(12)14-5-8/h2-6,10H,13H2,1H3,(H,16,18). The summed E-state index contributed by atoms with van der Waals surface area (Å²) in [5.74, 6) is -1.01. The fraction of sp³-hybridized carbons (Fsp3) is 0.182. The molecule has 1 unspecified atom stereocenters. The van der Waals surface area contributed by atoms with Crippen molar-refractivity contribution in [3.63, 3.8) is 0 Å². The third-order valence-corrected chi connectivity index (χ3v) is 2.36. The Kier molecular flexibility index (Phi) is 3.33. The second-order valence-electron chi connectivity index (χ2n) is 3.78. The van der Waals surface area contributed by atoms with Crippen LogP contribution in [0.15, 0.2) is 30.7 Å². The lowest BCUT2D eigenvalue weighted by Crippen LogP contribution is -2.27. The Morgan fingerprint density at radius 1 is 1.50 bits per heavy atom. The Hall–Kier alpha value is -2.28. The van der Waals surface area contributed by atoms with Crippen molar-refractivity contribution in [2.45, 2.75) is 6.04 Å². The molecule has 2 rings (SSSR count). The number of hydrogen-bond donors (Lipinski definition) is 2. The highest BCUT2D eigenvalue weighted by Crippen LogP contribution is 2.12. The molecule has 18 heavy (non-hydrogen) atoms. The van der Waals surface area contributed by atoms with Crippen molar-refractivity contribution in [2.24, 2.45) is 12.8 Å². The van der Waals surface area contributed by atoms with Gasteiger partial charge in [-0.2, -0.15) is 9.49 Å². The van der Waals surface area contributed by atoms with Gasteiger partial charge < -0.3 is 11.1 Å². The van der Waals surface area contributed by atoms with E-state index in [1.54, 1.807) is 17.9 Å². The third-order valence-electron chi connectivity index (χ3n) is 2.36. The van der Waals surface area contributed by atoms with Crippen LogP contribution in [-0.4, -0.2) is 20.7 Å². The van der Waals surface area contributed by atoms with Crippen LogP contribution in [0.25, 0.3) is 0 Å². The predicted molar refractivity (Wildman–Crippen MR) is 63.0 cm³/mol. The maximum Gasteiger partial charge on any atom is 0.246 e. The average Bonchev–Trinajstić information content (AvgIpc) is 2.78. The first-order valence-electron chi connectivity index (χ1n) is 5.23. The summed E-state index contributed by atoms with van der Waals surface area (Å²) in [4.78, 5) is 15.2. The number of rotatable bonds is 3. The van der Waals surface area contributed by atoms with Gasteiger partial charge in [-0.05, 0) is 12.1 Å². The van der Waals surface area contributed by atoms with Gasteiger partial charge in [-0.15, -0.1) is 0 Å². The lowest BCUT2D eigenvalue weighted by atomic mass is 10.1. The molecule has 1 atom stereocenters. The first kappa shape index (κ1) is 12.2. The Bertz CT molecular complexity index is 551. The number of carbonyl (C=O) groups excluding carboxylic acids is 1. The Morgan fingerprint density at radius 2 is 2.28 bits per heavy atom. The van der Waals surface area contributed by atoms with Crippen molar-refractivity contribution in [3.8, 4) is 0 Å². The van der Waals surface area contributed by atoms with Gasteiger partial charge in [-0.25, -0.2) is 4.98 Å². The van der Waals surface area contributed by atoms with Gasteiger partial charge in [-0.3, -0.25) is 9.48 Å². The molecule has 0 saturated heterocycles. The molecular formula is C11H12FN5O. The van der Waals surface area contributed by atoms with E-state index in [0.29, 0.717) is 11.3 Å². The molecule has 6 nitrogen and oxygen atoms in total. The number of aryl methyl sites for hydroxylation is 1. The van der Waals surface area contributed by atoms with E-state index in [4.69, 9.17) is 5.73 Å². The van der Waals surface area contributed by atoms with Crippen molar-refractivity contribution >= 4 is 11.6 Å². The molecule has 2 heterocycles. The molecule has 2 aromatic heterocycles. The second kappa shape index (κ2) is 4.92. The summed E-state index contributed by atoms with van der Waals surface area (Å²) in [6.45, 7) is 0. The molecule has 0 radical (unpaired) electrons. The SMILES string of the molecule is Cn1cc(C(N)C(=O)Nc2ccc(F)nc2)cn1. The van der Waals surface area contributed by atoms with Crippen LogP contribution in [0, 0.1) is 5.95 Å².